The van der Waals surface area contributed by atoms with E-state index in [0.29, 0.717) is 0 Å². The lowest BCUT2D eigenvalue weighted by atomic mass is 9.89. The monoisotopic (exact) mass is 270 g/mol. The molecule has 0 saturated carbocycles. The second-order valence-electron chi connectivity index (χ2n) is 3.63. The quantitative estimate of drug-likeness (QED) is 0.500. The SMILES string of the molecule is CC1=CC(=O)c2c(O)c(O)c(Cl)c(S)c2C1=O. The van der Waals surface area contributed by atoms with Crippen molar-refractivity contribution >= 4 is 35.8 Å². The van der Waals surface area contributed by atoms with Gasteiger partial charge in [0.15, 0.2) is 23.1 Å². The molecule has 1 aliphatic rings. The predicted octanol–water partition coefficient (Wildman–Crippen LogP) is 2.37. The van der Waals surface area contributed by atoms with E-state index in [9.17, 15) is 19.8 Å². The van der Waals surface area contributed by atoms with Gasteiger partial charge in [0.2, 0.25) is 0 Å². The summed E-state index contributed by atoms with van der Waals surface area (Å²) in [7, 11) is 0. The molecule has 0 heterocycles. The van der Waals surface area contributed by atoms with Crippen molar-refractivity contribution in [3.63, 3.8) is 0 Å². The molecule has 0 aromatic heterocycles. The first kappa shape index (κ1) is 12.0. The zero-order valence-corrected chi connectivity index (χ0v) is 10.3. The Kier molecular flexibility index (Phi) is 2.67. The number of Topliss-reactive ketones (excluding diaryl/α,β-unsaturated/α-hetero) is 1. The molecule has 1 aromatic rings. The first-order valence-corrected chi connectivity index (χ1v) is 5.42. The average molecular weight is 271 g/mol. The molecular formula is C11H7ClO4S. The van der Waals surface area contributed by atoms with Crippen LogP contribution in [-0.2, 0) is 0 Å². The fraction of sp³-hybridized carbons (Fsp3) is 0.0909. The van der Waals surface area contributed by atoms with Crippen LogP contribution in [0.1, 0.15) is 27.6 Å². The summed E-state index contributed by atoms with van der Waals surface area (Å²) in [6, 6.07) is 0. The van der Waals surface area contributed by atoms with Crippen LogP contribution >= 0.6 is 24.2 Å². The van der Waals surface area contributed by atoms with Crippen LogP contribution in [0, 0.1) is 0 Å². The van der Waals surface area contributed by atoms with Crippen LogP contribution in [0.25, 0.3) is 0 Å². The van der Waals surface area contributed by atoms with Crippen molar-refractivity contribution in [3.05, 3.63) is 27.8 Å². The molecule has 6 heteroatoms. The number of fused-ring (bicyclic) bond motifs is 1. The number of phenols is 2. The lowest BCUT2D eigenvalue weighted by molar-refractivity contribution is 0.0979. The Morgan fingerprint density at radius 1 is 1.18 bits per heavy atom. The summed E-state index contributed by atoms with van der Waals surface area (Å²) in [5, 5.41) is 18.9. The summed E-state index contributed by atoms with van der Waals surface area (Å²) in [5.74, 6) is -2.34. The summed E-state index contributed by atoms with van der Waals surface area (Å²) < 4.78 is 0. The Morgan fingerprint density at radius 3 is 2.35 bits per heavy atom. The Balaban J connectivity index is 2.93. The highest BCUT2D eigenvalue weighted by atomic mass is 35.5. The van der Waals surface area contributed by atoms with E-state index in [1.54, 1.807) is 0 Å². The maximum absolute atomic E-state index is 11.9. The lowest BCUT2D eigenvalue weighted by Gasteiger charge is -2.17. The summed E-state index contributed by atoms with van der Waals surface area (Å²) in [6.45, 7) is 1.48. The number of allylic oxidation sites excluding steroid dienone is 2. The average Bonchev–Trinajstić information content (AvgIpc) is 2.28. The number of thiol groups is 1. The first-order chi connectivity index (χ1) is 7.86. The van der Waals surface area contributed by atoms with Crippen LogP contribution in [0.2, 0.25) is 5.02 Å². The molecule has 0 saturated heterocycles. The maximum atomic E-state index is 11.9. The molecule has 17 heavy (non-hydrogen) atoms. The van der Waals surface area contributed by atoms with Gasteiger partial charge in [-0.1, -0.05) is 11.6 Å². The van der Waals surface area contributed by atoms with Gasteiger partial charge in [-0.3, -0.25) is 9.59 Å². The zero-order valence-electron chi connectivity index (χ0n) is 8.61. The molecule has 0 bridgehead atoms. The van der Waals surface area contributed by atoms with Crippen molar-refractivity contribution in [1.29, 1.82) is 0 Å². The topological polar surface area (TPSA) is 74.6 Å². The van der Waals surface area contributed by atoms with E-state index in [0.717, 1.165) is 6.08 Å². The minimum atomic E-state index is -0.690. The summed E-state index contributed by atoms with van der Waals surface area (Å²) >= 11 is 9.71. The van der Waals surface area contributed by atoms with Crippen LogP contribution in [0.3, 0.4) is 0 Å². The number of halogens is 1. The van der Waals surface area contributed by atoms with Gasteiger partial charge in [0.25, 0.3) is 0 Å². The highest BCUT2D eigenvalue weighted by Gasteiger charge is 2.32. The Bertz CT molecular complexity index is 604. The Labute approximate surface area is 107 Å². The number of aromatic hydroxyl groups is 2. The van der Waals surface area contributed by atoms with Crippen LogP contribution in [-0.4, -0.2) is 21.8 Å². The van der Waals surface area contributed by atoms with E-state index in [1.165, 1.54) is 6.92 Å². The maximum Gasteiger partial charge on any atom is 0.190 e. The third kappa shape index (κ3) is 1.54. The number of hydrogen-bond donors (Lipinski definition) is 3. The number of rotatable bonds is 0. The second-order valence-corrected chi connectivity index (χ2v) is 4.46. The highest BCUT2D eigenvalue weighted by Crippen LogP contribution is 2.45. The van der Waals surface area contributed by atoms with Gasteiger partial charge in [0, 0.05) is 10.5 Å². The molecule has 4 nitrogen and oxygen atoms in total. The molecular weight excluding hydrogens is 264 g/mol. The Morgan fingerprint density at radius 2 is 1.76 bits per heavy atom. The van der Waals surface area contributed by atoms with Gasteiger partial charge in [0.05, 0.1) is 11.1 Å². The fourth-order valence-corrected chi connectivity index (χ4v) is 2.18. The van der Waals surface area contributed by atoms with Gasteiger partial charge in [-0.05, 0) is 13.0 Å². The highest BCUT2D eigenvalue weighted by molar-refractivity contribution is 7.80. The van der Waals surface area contributed by atoms with Crippen LogP contribution in [0.4, 0.5) is 0 Å². The number of carbonyl (C=O) groups excluding carboxylic acids is 2. The van der Waals surface area contributed by atoms with Crippen molar-refractivity contribution in [2.24, 2.45) is 0 Å². The minimum absolute atomic E-state index is 0.0113. The van der Waals surface area contributed by atoms with Crippen molar-refractivity contribution in [1.82, 2.24) is 0 Å². The van der Waals surface area contributed by atoms with Gasteiger partial charge in [-0.15, -0.1) is 12.6 Å². The summed E-state index contributed by atoms with van der Waals surface area (Å²) in [5.41, 5.74) is -0.0925. The minimum Gasteiger partial charge on any atom is -0.504 e. The zero-order chi connectivity index (χ0) is 12.9. The third-order valence-electron chi connectivity index (χ3n) is 2.54. The van der Waals surface area contributed by atoms with Gasteiger partial charge in [-0.25, -0.2) is 0 Å². The standard InChI is InChI=1S/C11H7ClO4S/c1-3-2-4(13)5-6(8(3)14)11(17)7(12)10(16)9(5)15/h2,15-17H,1H3. The van der Waals surface area contributed by atoms with Gasteiger partial charge in [0.1, 0.15) is 5.02 Å². The van der Waals surface area contributed by atoms with E-state index in [4.69, 9.17) is 11.6 Å². The van der Waals surface area contributed by atoms with E-state index in [-0.39, 0.29) is 26.6 Å². The van der Waals surface area contributed by atoms with E-state index < -0.39 is 23.1 Å². The van der Waals surface area contributed by atoms with Crippen molar-refractivity contribution in [2.75, 3.05) is 0 Å². The normalized spacial score (nSPS) is 14.6. The predicted molar refractivity (Wildman–Crippen MR) is 64.5 cm³/mol. The molecule has 2 N–H and O–H groups in total. The smallest absolute Gasteiger partial charge is 0.190 e. The molecule has 0 unspecified atom stereocenters. The molecule has 0 amide bonds. The molecule has 0 spiro atoms. The molecule has 0 fully saturated rings. The lowest BCUT2D eigenvalue weighted by Crippen LogP contribution is -2.17. The van der Waals surface area contributed by atoms with Crippen molar-refractivity contribution < 1.29 is 19.8 Å². The molecule has 0 radical (unpaired) electrons. The fourth-order valence-electron chi connectivity index (χ4n) is 1.67. The molecule has 1 aliphatic carbocycles. The first-order valence-electron chi connectivity index (χ1n) is 4.60. The van der Waals surface area contributed by atoms with Crippen molar-refractivity contribution in [2.45, 2.75) is 11.8 Å². The second kappa shape index (κ2) is 3.78. The van der Waals surface area contributed by atoms with Gasteiger partial charge in [-0.2, -0.15) is 0 Å². The molecule has 0 atom stereocenters. The molecule has 1 aromatic carbocycles. The van der Waals surface area contributed by atoms with E-state index >= 15 is 0 Å². The molecule has 0 aliphatic heterocycles. The van der Waals surface area contributed by atoms with E-state index in [1.807, 2.05) is 0 Å². The van der Waals surface area contributed by atoms with Crippen LogP contribution in [0.15, 0.2) is 16.5 Å². The number of benzene rings is 1. The van der Waals surface area contributed by atoms with Crippen LogP contribution in [0.5, 0.6) is 11.5 Å². The van der Waals surface area contributed by atoms with Gasteiger partial charge < -0.3 is 10.2 Å². The van der Waals surface area contributed by atoms with Gasteiger partial charge >= 0.3 is 0 Å². The summed E-state index contributed by atoms with van der Waals surface area (Å²) in [6.07, 6.45) is 1.10. The third-order valence-corrected chi connectivity index (χ3v) is 3.49. The number of ketones is 2. The van der Waals surface area contributed by atoms with Crippen molar-refractivity contribution in [3.8, 4) is 11.5 Å². The van der Waals surface area contributed by atoms with Crippen LogP contribution < -0.4 is 0 Å². The number of hydrogen-bond acceptors (Lipinski definition) is 5. The molecule has 2 rings (SSSR count). The largest absolute Gasteiger partial charge is 0.504 e. The molecule has 88 valence electrons. The van der Waals surface area contributed by atoms with E-state index in [2.05, 4.69) is 12.6 Å². The number of phenolic OH excluding ortho intramolecular Hbond substituents is 2. The summed E-state index contributed by atoms with van der Waals surface area (Å²) in [4.78, 5) is 23.6. The Hall–Kier alpha value is -1.46. The number of carbonyl (C=O) groups is 2.